The van der Waals surface area contributed by atoms with Gasteiger partial charge in [0, 0.05) is 35.6 Å². The second-order valence-electron chi connectivity index (χ2n) is 12.7. The monoisotopic (exact) mass is 595 g/mol. The lowest BCUT2D eigenvalue weighted by atomic mass is 9.65. The van der Waals surface area contributed by atoms with Gasteiger partial charge in [-0.1, -0.05) is 18.2 Å². The van der Waals surface area contributed by atoms with Gasteiger partial charge in [-0.25, -0.2) is 4.79 Å². The zero-order chi connectivity index (χ0) is 30.6. The average Bonchev–Trinajstić information content (AvgIpc) is 3.33. The van der Waals surface area contributed by atoms with Gasteiger partial charge in [-0.2, -0.15) is 0 Å². The van der Waals surface area contributed by atoms with Crippen molar-refractivity contribution in [1.29, 1.82) is 0 Å². The molecule has 226 valence electrons. The van der Waals surface area contributed by atoms with E-state index in [2.05, 4.69) is 5.32 Å². The molecule has 0 aromatic heterocycles. The number of nitrogens with zero attached hydrogens (tertiary/aromatic N) is 1. The Hall–Kier alpha value is -3.28. The van der Waals surface area contributed by atoms with E-state index in [4.69, 9.17) is 26.7 Å². The Bertz CT molecular complexity index is 1390. The molecule has 0 bridgehead atoms. The van der Waals surface area contributed by atoms with Gasteiger partial charge in [0.25, 0.3) is 0 Å². The Morgan fingerprint density at radius 3 is 2.48 bits per heavy atom. The fourth-order valence-electron chi connectivity index (χ4n) is 6.15. The van der Waals surface area contributed by atoms with Gasteiger partial charge in [0.05, 0.1) is 17.4 Å². The van der Waals surface area contributed by atoms with Gasteiger partial charge in [0.1, 0.15) is 16.9 Å². The molecule has 0 saturated carbocycles. The van der Waals surface area contributed by atoms with Crippen LogP contribution < -0.4 is 27.3 Å². The molecule has 11 heteroatoms. The van der Waals surface area contributed by atoms with Crippen LogP contribution in [0.1, 0.15) is 70.1 Å². The minimum absolute atomic E-state index is 0.00245. The van der Waals surface area contributed by atoms with E-state index >= 15 is 0 Å². The summed E-state index contributed by atoms with van der Waals surface area (Å²) in [6, 6.07) is 9.41. The van der Waals surface area contributed by atoms with Gasteiger partial charge in [-0.05, 0) is 82.3 Å². The van der Waals surface area contributed by atoms with Crippen LogP contribution in [0.3, 0.4) is 0 Å². The van der Waals surface area contributed by atoms with Gasteiger partial charge in [-0.3, -0.25) is 9.59 Å². The average molecular weight is 596 g/mol. The summed E-state index contributed by atoms with van der Waals surface area (Å²) in [4.78, 5) is 42.8. The van der Waals surface area contributed by atoms with Gasteiger partial charge < -0.3 is 36.9 Å². The molecule has 10 nitrogen and oxygen atoms in total. The predicted octanol–water partition coefficient (Wildman–Crippen LogP) is 3.24. The summed E-state index contributed by atoms with van der Waals surface area (Å²) in [6.07, 6.45) is 1.06. The first-order valence-corrected chi connectivity index (χ1v) is 15.3. The van der Waals surface area contributed by atoms with Crippen molar-refractivity contribution in [2.75, 3.05) is 18.8 Å². The molecule has 2 aliphatic heterocycles. The van der Waals surface area contributed by atoms with Crippen LogP contribution in [0.4, 0.5) is 10.5 Å². The molecular formula is C31H41N5O5S. The molecular weight excluding hydrogens is 554 g/mol. The second kappa shape index (κ2) is 11.1. The van der Waals surface area contributed by atoms with Crippen LogP contribution in [0.25, 0.3) is 0 Å². The minimum atomic E-state index is -1.51. The number of ether oxygens (including phenoxy) is 2. The van der Waals surface area contributed by atoms with Crippen molar-refractivity contribution in [2.45, 2.75) is 92.9 Å². The number of nitrogens with one attached hydrogen (secondary N) is 1. The van der Waals surface area contributed by atoms with E-state index in [1.807, 2.05) is 34.6 Å². The van der Waals surface area contributed by atoms with Crippen LogP contribution in [0.15, 0.2) is 41.3 Å². The number of amides is 2. The summed E-state index contributed by atoms with van der Waals surface area (Å²) in [5.41, 5.74) is 20.4. The summed E-state index contributed by atoms with van der Waals surface area (Å²) >= 11 is 1.32. The summed E-state index contributed by atoms with van der Waals surface area (Å²) in [5.74, 6) is -0.528. The molecule has 5 rings (SSSR count). The lowest BCUT2D eigenvalue weighted by Crippen LogP contribution is -2.61. The zero-order valence-electron chi connectivity index (χ0n) is 24.8. The third-order valence-corrected chi connectivity index (χ3v) is 9.45. The number of Topliss-reactive ketones (excluding diaryl/α,β-unsaturated/α-hetero) is 1. The van der Waals surface area contributed by atoms with E-state index < -0.39 is 34.4 Å². The Kier molecular flexibility index (Phi) is 7.97. The molecule has 2 amide bonds. The highest BCUT2D eigenvalue weighted by Gasteiger charge is 2.56. The van der Waals surface area contributed by atoms with E-state index in [9.17, 15) is 14.4 Å². The van der Waals surface area contributed by atoms with Crippen molar-refractivity contribution < 1.29 is 23.9 Å². The van der Waals surface area contributed by atoms with Crippen LogP contribution in [-0.4, -0.2) is 64.8 Å². The quantitative estimate of drug-likeness (QED) is 0.380. The third kappa shape index (κ3) is 5.45. The normalized spacial score (nSPS) is 27.0. The third-order valence-electron chi connectivity index (χ3n) is 7.99. The van der Waals surface area contributed by atoms with Crippen LogP contribution in [0.5, 0.6) is 5.75 Å². The fraction of sp³-hybridized carbons (Fsp3) is 0.516. The number of carbonyl (C=O) groups is 3. The maximum absolute atomic E-state index is 14.0. The molecule has 2 heterocycles. The Balaban J connectivity index is 1.41. The topological polar surface area (TPSA) is 163 Å². The molecule has 2 aromatic carbocycles. The number of piperidine rings is 1. The Labute approximate surface area is 251 Å². The van der Waals surface area contributed by atoms with E-state index in [1.165, 1.54) is 11.8 Å². The highest BCUT2D eigenvalue weighted by atomic mass is 32.2. The lowest BCUT2D eigenvalue weighted by Gasteiger charge is -2.41. The van der Waals surface area contributed by atoms with Crippen LogP contribution in [0.2, 0.25) is 0 Å². The minimum Gasteiger partial charge on any atom is -0.491 e. The van der Waals surface area contributed by atoms with Gasteiger partial charge in [0.15, 0.2) is 5.78 Å². The van der Waals surface area contributed by atoms with Crippen molar-refractivity contribution in [3.63, 3.8) is 0 Å². The molecule has 7 N–H and O–H groups in total. The summed E-state index contributed by atoms with van der Waals surface area (Å²) in [5, 5.41) is 2.44. The van der Waals surface area contributed by atoms with Crippen molar-refractivity contribution in [3.8, 4) is 5.75 Å². The van der Waals surface area contributed by atoms with Gasteiger partial charge >= 0.3 is 6.09 Å². The van der Waals surface area contributed by atoms with E-state index in [0.717, 1.165) is 23.3 Å². The largest absolute Gasteiger partial charge is 0.491 e. The molecule has 5 atom stereocenters. The maximum atomic E-state index is 14.0. The first kappa shape index (κ1) is 30.2. The summed E-state index contributed by atoms with van der Waals surface area (Å²) < 4.78 is 11.3. The van der Waals surface area contributed by atoms with Crippen LogP contribution in [-0.2, 0) is 19.9 Å². The maximum Gasteiger partial charge on any atom is 0.410 e. The fourth-order valence-corrected chi connectivity index (χ4v) is 7.61. The molecule has 42 heavy (non-hydrogen) atoms. The first-order valence-electron chi connectivity index (χ1n) is 14.4. The molecule has 1 saturated heterocycles. The highest BCUT2D eigenvalue weighted by Crippen LogP contribution is 2.56. The standard InChI is InChI=1S/C31H41N5O5S/c1-16(2)40-19-10-8-17(9-11-19)31(34)20-12-13-21(32)25-22(20)23(24(33)27(31)37)26(42-25)28(38)35-18-7-6-14-36(15-18)29(39)41-30(3,4)5/h8-13,16,18,23-24,26H,6-7,14-15,32-34H2,1-5H3,(H,35,38)/t18-,23-,24-,26-,31-/m1/s1. The summed E-state index contributed by atoms with van der Waals surface area (Å²) in [6.45, 7) is 10.3. The van der Waals surface area contributed by atoms with E-state index in [-0.39, 0.29) is 23.8 Å². The number of benzene rings is 2. The predicted molar refractivity (Wildman–Crippen MR) is 162 cm³/mol. The second-order valence-corrected chi connectivity index (χ2v) is 13.8. The molecule has 0 spiro atoms. The van der Waals surface area contributed by atoms with Crippen LogP contribution >= 0.6 is 11.8 Å². The van der Waals surface area contributed by atoms with Crippen LogP contribution in [0, 0.1) is 0 Å². The van der Waals surface area contributed by atoms with E-state index in [1.54, 1.807) is 41.3 Å². The number of anilines is 1. The number of hydrogen-bond donors (Lipinski definition) is 4. The van der Waals surface area contributed by atoms with Crippen molar-refractivity contribution in [2.24, 2.45) is 11.5 Å². The van der Waals surface area contributed by atoms with Crippen molar-refractivity contribution >= 4 is 35.2 Å². The molecule has 1 aliphatic carbocycles. The van der Waals surface area contributed by atoms with E-state index in [0.29, 0.717) is 35.7 Å². The first-order chi connectivity index (χ1) is 19.7. The number of hydrogen-bond acceptors (Lipinski definition) is 9. The Morgan fingerprint density at radius 1 is 1.14 bits per heavy atom. The SMILES string of the molecule is CC(C)Oc1ccc([C@]2(N)C(=O)[C@H](N)[C@H]3c4c2ccc(N)c4S[C@H]3C(=O)N[C@@H]2CCCN(C(=O)OC(C)(C)C)C2)cc1. The van der Waals surface area contributed by atoms with Crippen molar-refractivity contribution in [1.82, 2.24) is 10.2 Å². The van der Waals surface area contributed by atoms with Gasteiger partial charge in [-0.15, -0.1) is 11.8 Å². The summed E-state index contributed by atoms with van der Waals surface area (Å²) in [7, 11) is 0. The Morgan fingerprint density at radius 2 is 1.83 bits per heavy atom. The molecule has 1 fully saturated rings. The number of nitrogen functional groups attached to an aromatic ring is 1. The smallest absolute Gasteiger partial charge is 0.410 e. The van der Waals surface area contributed by atoms with Gasteiger partial charge in [0.2, 0.25) is 5.91 Å². The number of nitrogens with two attached hydrogens (primary N) is 3. The molecule has 2 aromatic rings. The molecule has 0 radical (unpaired) electrons. The number of rotatable bonds is 5. The number of likely N-dealkylation sites (tertiary alicyclic amines) is 1. The number of carbonyl (C=O) groups excluding carboxylic acids is 3. The zero-order valence-corrected chi connectivity index (χ0v) is 25.6. The van der Waals surface area contributed by atoms with Crippen molar-refractivity contribution in [3.05, 3.63) is 53.1 Å². The number of ketones is 1. The molecule has 3 aliphatic rings. The molecule has 0 unspecified atom stereocenters. The number of thioether (sulfide) groups is 1. The lowest BCUT2D eigenvalue weighted by molar-refractivity contribution is -0.126. The highest BCUT2D eigenvalue weighted by molar-refractivity contribution is 8.01.